The predicted molar refractivity (Wildman–Crippen MR) is 69.4 cm³/mol. The van der Waals surface area contributed by atoms with Gasteiger partial charge < -0.3 is 10.6 Å². The number of anilines is 2. The molecule has 0 aliphatic carbocycles. The van der Waals surface area contributed by atoms with Gasteiger partial charge in [-0.25, -0.2) is 9.97 Å². The molecule has 4 nitrogen and oxygen atoms in total. The van der Waals surface area contributed by atoms with Gasteiger partial charge in [0.15, 0.2) is 0 Å². The van der Waals surface area contributed by atoms with Gasteiger partial charge in [0.05, 0.1) is 0 Å². The summed E-state index contributed by atoms with van der Waals surface area (Å²) in [6.07, 6.45) is -2.09. The number of aromatic nitrogens is 2. The summed E-state index contributed by atoms with van der Waals surface area (Å²) in [7, 11) is 0. The molecular weight excluding hydrogens is 257 g/mol. The summed E-state index contributed by atoms with van der Waals surface area (Å²) in [5, 5.41) is 5.44. The lowest BCUT2D eigenvalue weighted by Crippen LogP contribution is -2.23. The van der Waals surface area contributed by atoms with Crippen LogP contribution in [0, 0.1) is 0 Å². The molecule has 0 aromatic carbocycles. The Labute approximate surface area is 110 Å². The number of alkyl halides is 3. The van der Waals surface area contributed by atoms with E-state index in [-0.39, 0.29) is 11.7 Å². The second-order valence-electron chi connectivity index (χ2n) is 4.53. The van der Waals surface area contributed by atoms with Crippen molar-refractivity contribution in [1.29, 1.82) is 0 Å². The fourth-order valence-electron chi connectivity index (χ4n) is 1.65. The van der Waals surface area contributed by atoms with Crippen molar-refractivity contribution in [1.82, 2.24) is 9.97 Å². The zero-order chi connectivity index (χ0) is 14.5. The van der Waals surface area contributed by atoms with Gasteiger partial charge in [-0.15, -0.1) is 0 Å². The second kappa shape index (κ2) is 6.58. The molecule has 0 aliphatic heterocycles. The average Bonchev–Trinajstić information content (AvgIpc) is 2.32. The zero-order valence-electron chi connectivity index (χ0n) is 11.3. The van der Waals surface area contributed by atoms with Crippen LogP contribution in [0.15, 0.2) is 6.33 Å². The van der Waals surface area contributed by atoms with Crippen LogP contribution in [0.2, 0.25) is 0 Å². The molecule has 2 N–H and O–H groups in total. The third kappa shape index (κ3) is 4.92. The molecule has 1 heterocycles. The van der Waals surface area contributed by atoms with E-state index in [0.29, 0.717) is 11.4 Å². The van der Waals surface area contributed by atoms with Crippen LogP contribution in [0.25, 0.3) is 0 Å². The van der Waals surface area contributed by atoms with E-state index in [0.717, 1.165) is 13.0 Å². The monoisotopic (exact) mass is 276 g/mol. The van der Waals surface area contributed by atoms with Crippen LogP contribution >= 0.6 is 0 Å². The Kier molecular flexibility index (Phi) is 5.38. The Hall–Kier alpha value is -1.53. The maximum atomic E-state index is 12.3. The molecule has 0 atom stereocenters. The summed E-state index contributed by atoms with van der Waals surface area (Å²) in [4.78, 5) is 8.01. The minimum absolute atomic E-state index is 0.0243. The van der Waals surface area contributed by atoms with Gasteiger partial charge in [0, 0.05) is 12.1 Å². The molecule has 0 unspecified atom stereocenters. The SMILES string of the molecule is CCCNc1ncnc(NCC(F)(F)F)c1C(C)C. The van der Waals surface area contributed by atoms with Crippen molar-refractivity contribution in [3.8, 4) is 0 Å². The van der Waals surface area contributed by atoms with E-state index < -0.39 is 12.7 Å². The lowest BCUT2D eigenvalue weighted by Gasteiger charge is -2.18. The van der Waals surface area contributed by atoms with Crippen LogP contribution in [0.4, 0.5) is 24.8 Å². The summed E-state index contributed by atoms with van der Waals surface area (Å²) in [5.74, 6) is 0.855. The van der Waals surface area contributed by atoms with E-state index in [1.165, 1.54) is 6.33 Å². The Morgan fingerprint density at radius 3 is 2.21 bits per heavy atom. The molecule has 1 aromatic rings. The number of hydrogen-bond acceptors (Lipinski definition) is 4. The number of rotatable bonds is 6. The molecule has 1 rings (SSSR count). The lowest BCUT2D eigenvalue weighted by atomic mass is 10.0. The number of nitrogens with one attached hydrogen (secondary N) is 2. The number of nitrogens with zero attached hydrogens (tertiary/aromatic N) is 2. The van der Waals surface area contributed by atoms with Gasteiger partial charge in [-0.2, -0.15) is 13.2 Å². The highest BCUT2D eigenvalue weighted by atomic mass is 19.4. The van der Waals surface area contributed by atoms with Crippen molar-refractivity contribution in [2.24, 2.45) is 0 Å². The first-order valence-corrected chi connectivity index (χ1v) is 6.24. The molecule has 7 heteroatoms. The number of halogens is 3. The Bertz CT molecular complexity index is 404. The zero-order valence-corrected chi connectivity index (χ0v) is 11.3. The first kappa shape index (κ1) is 15.5. The van der Waals surface area contributed by atoms with E-state index in [4.69, 9.17) is 0 Å². The molecule has 1 aromatic heterocycles. The highest BCUT2D eigenvalue weighted by Crippen LogP contribution is 2.29. The maximum absolute atomic E-state index is 12.3. The Morgan fingerprint density at radius 1 is 1.16 bits per heavy atom. The summed E-state index contributed by atoms with van der Waals surface area (Å²) < 4.78 is 36.8. The molecule has 0 aliphatic rings. The van der Waals surface area contributed by atoms with Crippen LogP contribution < -0.4 is 10.6 Å². The van der Waals surface area contributed by atoms with Crippen LogP contribution in [-0.4, -0.2) is 29.2 Å². The Morgan fingerprint density at radius 2 is 1.74 bits per heavy atom. The fourth-order valence-corrected chi connectivity index (χ4v) is 1.65. The van der Waals surface area contributed by atoms with E-state index >= 15 is 0 Å². The van der Waals surface area contributed by atoms with Gasteiger partial charge >= 0.3 is 6.18 Å². The van der Waals surface area contributed by atoms with Crippen molar-refractivity contribution >= 4 is 11.6 Å². The van der Waals surface area contributed by atoms with Gasteiger partial charge in [0.2, 0.25) is 0 Å². The fraction of sp³-hybridized carbons (Fsp3) is 0.667. The molecular formula is C12H19F3N4. The molecule has 0 radical (unpaired) electrons. The van der Waals surface area contributed by atoms with Crippen molar-refractivity contribution in [3.63, 3.8) is 0 Å². The first-order chi connectivity index (χ1) is 8.85. The smallest absolute Gasteiger partial charge is 0.370 e. The van der Waals surface area contributed by atoms with Gasteiger partial charge in [-0.3, -0.25) is 0 Å². The topological polar surface area (TPSA) is 49.8 Å². The highest BCUT2D eigenvalue weighted by molar-refractivity contribution is 5.59. The van der Waals surface area contributed by atoms with Gasteiger partial charge in [-0.05, 0) is 12.3 Å². The molecule has 0 amide bonds. The quantitative estimate of drug-likeness (QED) is 0.836. The van der Waals surface area contributed by atoms with E-state index in [1.54, 1.807) is 0 Å². The molecule has 19 heavy (non-hydrogen) atoms. The van der Waals surface area contributed by atoms with E-state index in [2.05, 4.69) is 20.6 Å². The van der Waals surface area contributed by atoms with Crippen molar-refractivity contribution < 1.29 is 13.2 Å². The normalized spacial score (nSPS) is 11.7. The summed E-state index contributed by atoms with van der Waals surface area (Å²) >= 11 is 0. The summed E-state index contributed by atoms with van der Waals surface area (Å²) in [5.41, 5.74) is 0.681. The minimum atomic E-state index is -4.27. The largest absolute Gasteiger partial charge is 0.405 e. The number of hydrogen-bond donors (Lipinski definition) is 2. The van der Waals surface area contributed by atoms with E-state index in [9.17, 15) is 13.2 Å². The molecule has 0 fully saturated rings. The third-order valence-corrected chi connectivity index (χ3v) is 2.46. The average molecular weight is 276 g/mol. The molecule has 0 bridgehead atoms. The van der Waals surface area contributed by atoms with Crippen molar-refractivity contribution in [2.45, 2.75) is 39.3 Å². The van der Waals surface area contributed by atoms with Gasteiger partial charge in [0.1, 0.15) is 24.5 Å². The minimum Gasteiger partial charge on any atom is -0.370 e. The molecule has 0 saturated heterocycles. The first-order valence-electron chi connectivity index (χ1n) is 6.24. The third-order valence-electron chi connectivity index (χ3n) is 2.46. The summed E-state index contributed by atoms with van der Waals surface area (Å²) in [6, 6.07) is 0. The van der Waals surface area contributed by atoms with Gasteiger partial charge in [-0.1, -0.05) is 20.8 Å². The van der Waals surface area contributed by atoms with Crippen LogP contribution in [-0.2, 0) is 0 Å². The summed E-state index contributed by atoms with van der Waals surface area (Å²) in [6.45, 7) is 5.42. The molecule has 0 saturated carbocycles. The second-order valence-corrected chi connectivity index (χ2v) is 4.53. The predicted octanol–water partition coefficient (Wildman–Crippen LogP) is 3.40. The van der Waals surface area contributed by atoms with Crippen LogP contribution in [0.5, 0.6) is 0 Å². The Balaban J connectivity index is 2.96. The van der Waals surface area contributed by atoms with Crippen LogP contribution in [0.1, 0.15) is 38.7 Å². The van der Waals surface area contributed by atoms with Crippen molar-refractivity contribution in [2.75, 3.05) is 23.7 Å². The van der Waals surface area contributed by atoms with E-state index in [1.807, 2.05) is 20.8 Å². The lowest BCUT2D eigenvalue weighted by molar-refractivity contribution is -0.115. The highest BCUT2D eigenvalue weighted by Gasteiger charge is 2.28. The molecule has 108 valence electrons. The van der Waals surface area contributed by atoms with Gasteiger partial charge in [0.25, 0.3) is 0 Å². The van der Waals surface area contributed by atoms with Crippen molar-refractivity contribution in [3.05, 3.63) is 11.9 Å². The maximum Gasteiger partial charge on any atom is 0.405 e. The van der Waals surface area contributed by atoms with Crippen LogP contribution in [0.3, 0.4) is 0 Å². The standard InChI is InChI=1S/C12H19F3N4/c1-4-5-16-10-9(8(2)3)11(19-7-18-10)17-6-12(13,14)15/h7-8H,4-6H2,1-3H3,(H2,16,17,18,19). The molecule has 0 spiro atoms.